The quantitative estimate of drug-likeness (QED) is 0.582. The van der Waals surface area contributed by atoms with E-state index in [0.29, 0.717) is 12.1 Å². The van der Waals surface area contributed by atoms with Crippen molar-refractivity contribution >= 4 is 17.0 Å². The van der Waals surface area contributed by atoms with Gasteiger partial charge in [0.1, 0.15) is 5.52 Å². The number of nitrogens with zero attached hydrogens (tertiary/aromatic N) is 4. The molecule has 0 aliphatic carbocycles. The summed E-state index contributed by atoms with van der Waals surface area (Å²) in [5.74, 6) is -1.51. The van der Waals surface area contributed by atoms with Crippen molar-refractivity contribution in [1.29, 1.82) is 0 Å². The number of carbonyl (C=O) groups is 1. The second-order valence-corrected chi connectivity index (χ2v) is 6.67. The number of benzene rings is 1. The maximum Gasteiger partial charge on any atom is 0.340 e. The minimum atomic E-state index is -0.771. The van der Waals surface area contributed by atoms with Crippen LogP contribution in [0.25, 0.3) is 11.0 Å². The Balaban J connectivity index is 2.32. The summed E-state index contributed by atoms with van der Waals surface area (Å²) in [6.07, 6.45) is 4.82. The van der Waals surface area contributed by atoms with E-state index in [1.54, 1.807) is 23.2 Å². The summed E-state index contributed by atoms with van der Waals surface area (Å²) in [6, 6.07) is 2.94. The highest BCUT2D eigenvalue weighted by molar-refractivity contribution is 5.94. The van der Waals surface area contributed by atoms with Crippen LogP contribution in [0.1, 0.15) is 55.7 Å². The molecule has 0 amide bonds. The number of aryl methyl sites for hydroxylation is 1. The van der Waals surface area contributed by atoms with E-state index < -0.39 is 11.8 Å². The molecule has 1 aromatic carbocycles. The lowest BCUT2D eigenvalue weighted by molar-refractivity contribution is 0.0596. The summed E-state index contributed by atoms with van der Waals surface area (Å²) in [6.45, 7) is 6.81. The Kier molecular flexibility index (Phi) is 5.67. The van der Waals surface area contributed by atoms with Crippen molar-refractivity contribution < 1.29 is 13.9 Å². The number of carbonyl (C=O) groups excluding carboxylic acids is 1. The first-order chi connectivity index (χ1) is 13.5. The van der Waals surface area contributed by atoms with Crippen LogP contribution >= 0.6 is 0 Å². The van der Waals surface area contributed by atoms with Gasteiger partial charge in [0.15, 0.2) is 5.82 Å². The first kappa shape index (κ1) is 19.9. The molecule has 3 rings (SSSR count). The monoisotopic (exact) mass is 388 g/mol. The first-order valence-corrected chi connectivity index (χ1v) is 9.48. The highest BCUT2D eigenvalue weighted by atomic mass is 19.1. The fourth-order valence-corrected chi connectivity index (χ4v) is 3.68. The molecule has 0 saturated carbocycles. The number of hydrogen-bond acceptors (Lipinski definition) is 4. The first-order valence-electron chi connectivity index (χ1n) is 9.48. The number of hydrogen-bond donors (Lipinski definition) is 0. The van der Waals surface area contributed by atoms with Gasteiger partial charge in [-0.1, -0.05) is 13.8 Å². The van der Waals surface area contributed by atoms with E-state index in [0.717, 1.165) is 18.5 Å². The summed E-state index contributed by atoms with van der Waals surface area (Å²) in [7, 11) is 1.20. The maximum absolute atomic E-state index is 15.3. The minimum Gasteiger partial charge on any atom is -0.465 e. The molecule has 2 heterocycles. The van der Waals surface area contributed by atoms with Crippen LogP contribution in [-0.2, 0) is 17.8 Å². The lowest BCUT2D eigenvalue weighted by atomic mass is 10.1. The van der Waals surface area contributed by atoms with Crippen molar-refractivity contribution in [1.82, 2.24) is 18.7 Å². The molecule has 0 N–H and O–H groups in total. The van der Waals surface area contributed by atoms with Gasteiger partial charge in [-0.05, 0) is 31.9 Å². The molecule has 0 radical (unpaired) electrons. The number of esters is 1. The van der Waals surface area contributed by atoms with Gasteiger partial charge in [-0.2, -0.15) is 0 Å². The molecule has 28 heavy (non-hydrogen) atoms. The molecule has 0 aliphatic rings. The van der Waals surface area contributed by atoms with Gasteiger partial charge >= 0.3 is 11.7 Å². The van der Waals surface area contributed by atoms with E-state index in [4.69, 9.17) is 0 Å². The molecule has 0 unspecified atom stereocenters. The fraction of sp³-hybridized carbons (Fsp3) is 0.450. The molecular weight excluding hydrogens is 363 g/mol. The summed E-state index contributed by atoms with van der Waals surface area (Å²) in [5, 5.41) is 0. The van der Waals surface area contributed by atoms with Crippen LogP contribution in [-0.4, -0.2) is 31.8 Å². The molecule has 0 spiro atoms. The van der Waals surface area contributed by atoms with E-state index in [2.05, 4.69) is 9.72 Å². The highest BCUT2D eigenvalue weighted by Gasteiger charge is 2.25. The smallest absolute Gasteiger partial charge is 0.340 e. The zero-order valence-corrected chi connectivity index (χ0v) is 16.6. The molecule has 3 aromatic rings. The summed E-state index contributed by atoms with van der Waals surface area (Å²) >= 11 is 0. The van der Waals surface area contributed by atoms with Gasteiger partial charge in [0, 0.05) is 18.8 Å². The number of rotatable bonds is 7. The van der Waals surface area contributed by atoms with Crippen LogP contribution in [0.5, 0.6) is 0 Å². The molecule has 0 fully saturated rings. The van der Waals surface area contributed by atoms with Crippen molar-refractivity contribution in [3.05, 3.63) is 52.2 Å². The third-order valence-electron chi connectivity index (χ3n) is 5.23. The summed E-state index contributed by atoms with van der Waals surface area (Å²) < 4.78 is 25.0. The number of ether oxygens (including phenoxy) is 1. The van der Waals surface area contributed by atoms with Gasteiger partial charge in [-0.3, -0.25) is 9.13 Å². The maximum atomic E-state index is 15.3. The predicted molar refractivity (Wildman–Crippen MR) is 104 cm³/mol. The lowest BCUT2D eigenvalue weighted by Crippen LogP contribution is -2.28. The molecule has 7 nitrogen and oxygen atoms in total. The number of aromatic nitrogens is 4. The van der Waals surface area contributed by atoms with Crippen molar-refractivity contribution in [3.63, 3.8) is 0 Å². The van der Waals surface area contributed by atoms with Crippen LogP contribution in [0, 0.1) is 5.82 Å². The Morgan fingerprint density at radius 2 is 1.96 bits per heavy atom. The summed E-state index contributed by atoms with van der Waals surface area (Å²) in [4.78, 5) is 29.4. The fourth-order valence-electron chi connectivity index (χ4n) is 3.68. The lowest BCUT2D eigenvalue weighted by Gasteiger charge is -2.14. The molecular formula is C20H25FN4O3. The molecule has 0 atom stereocenters. The highest BCUT2D eigenvalue weighted by Crippen LogP contribution is 2.26. The van der Waals surface area contributed by atoms with E-state index in [9.17, 15) is 9.59 Å². The Hall–Kier alpha value is -2.90. The van der Waals surface area contributed by atoms with Crippen molar-refractivity contribution in [2.24, 2.45) is 0 Å². The Morgan fingerprint density at radius 3 is 2.57 bits per heavy atom. The van der Waals surface area contributed by atoms with Crippen LogP contribution in [0.4, 0.5) is 4.39 Å². The molecule has 8 heteroatoms. The number of methoxy groups -OCH3 is 1. The van der Waals surface area contributed by atoms with Gasteiger partial charge in [-0.25, -0.2) is 19.0 Å². The Labute approximate surface area is 162 Å². The summed E-state index contributed by atoms with van der Waals surface area (Å²) in [5.41, 5.74) is 0.897. The average Bonchev–Trinajstić information content (AvgIpc) is 3.27. The van der Waals surface area contributed by atoms with Crippen LogP contribution < -0.4 is 5.69 Å². The second-order valence-electron chi connectivity index (χ2n) is 6.67. The molecule has 0 bridgehead atoms. The van der Waals surface area contributed by atoms with Gasteiger partial charge in [-0.15, -0.1) is 0 Å². The Bertz CT molecular complexity index is 1060. The third-order valence-corrected chi connectivity index (χ3v) is 5.23. The number of imidazole rings is 2. The molecule has 150 valence electrons. The normalized spacial score (nSPS) is 11.5. The average molecular weight is 388 g/mol. The van der Waals surface area contributed by atoms with E-state index >= 15 is 4.39 Å². The third kappa shape index (κ3) is 3.12. The van der Waals surface area contributed by atoms with Crippen LogP contribution in [0.15, 0.2) is 29.5 Å². The van der Waals surface area contributed by atoms with E-state index in [1.165, 1.54) is 17.7 Å². The zero-order valence-electron chi connectivity index (χ0n) is 16.6. The van der Waals surface area contributed by atoms with E-state index in [-0.39, 0.29) is 29.4 Å². The molecule has 0 saturated heterocycles. The van der Waals surface area contributed by atoms with Gasteiger partial charge in [0.05, 0.1) is 36.8 Å². The topological polar surface area (TPSA) is 71.0 Å². The van der Waals surface area contributed by atoms with Crippen LogP contribution in [0.2, 0.25) is 0 Å². The predicted octanol–water partition coefficient (Wildman–Crippen LogP) is 3.35. The van der Waals surface area contributed by atoms with Crippen molar-refractivity contribution in [3.8, 4) is 0 Å². The molecule has 2 aromatic heterocycles. The van der Waals surface area contributed by atoms with Crippen molar-refractivity contribution in [2.45, 2.75) is 52.7 Å². The SMILES string of the molecule is CCC(CC)n1c(=O)n(Cc2cncn2CC)c2c(F)c(C(=O)OC)ccc21. The van der Waals surface area contributed by atoms with Gasteiger partial charge in [0.2, 0.25) is 0 Å². The number of fused-ring (bicyclic) bond motifs is 1. The second kappa shape index (κ2) is 8.00. The Morgan fingerprint density at radius 1 is 1.25 bits per heavy atom. The minimum absolute atomic E-state index is 0.0595. The zero-order chi connectivity index (χ0) is 20.4. The standard InChI is InChI=1S/C20H25FN4O3/c1-5-13(6-2)25-16-9-8-15(19(26)28-4)17(21)18(16)24(20(25)27)11-14-10-22-12-23(14)7-3/h8-10,12-13H,5-7,11H2,1-4H3. The van der Waals surface area contributed by atoms with Crippen LogP contribution in [0.3, 0.4) is 0 Å². The number of halogens is 1. The van der Waals surface area contributed by atoms with Gasteiger partial charge in [0.25, 0.3) is 0 Å². The van der Waals surface area contributed by atoms with Crippen molar-refractivity contribution in [2.75, 3.05) is 7.11 Å². The van der Waals surface area contributed by atoms with Gasteiger partial charge < -0.3 is 9.30 Å². The molecule has 0 aliphatic heterocycles. The van der Waals surface area contributed by atoms with E-state index in [1.807, 2.05) is 25.3 Å². The largest absolute Gasteiger partial charge is 0.465 e.